The first-order chi connectivity index (χ1) is 8.23. The van der Waals surface area contributed by atoms with Crippen LogP contribution in [0.5, 0.6) is 0 Å². The van der Waals surface area contributed by atoms with Gasteiger partial charge in [0.05, 0.1) is 34.9 Å². The van der Waals surface area contributed by atoms with Crippen molar-refractivity contribution in [1.29, 1.82) is 0 Å². The normalized spacial score (nSPS) is 40.2. The third-order valence-electron chi connectivity index (χ3n) is 2.84. The Balaban J connectivity index is 2.92. The molecule has 8 nitrogen and oxygen atoms in total. The molecule has 3 unspecified atom stereocenters. The summed E-state index contributed by atoms with van der Waals surface area (Å²) in [6, 6.07) is -0.965. The van der Waals surface area contributed by atoms with Crippen molar-refractivity contribution in [3.05, 3.63) is 0 Å². The molecule has 6 atom stereocenters. The number of halogens is 1. The fourth-order valence-corrected chi connectivity index (χ4v) is 2.58. The zero-order valence-corrected chi connectivity index (χ0v) is 11.5. The van der Waals surface area contributed by atoms with Crippen molar-refractivity contribution in [3.63, 3.8) is 0 Å². The van der Waals surface area contributed by atoms with Crippen molar-refractivity contribution in [2.45, 2.75) is 40.5 Å². The van der Waals surface area contributed by atoms with Crippen molar-refractivity contribution in [2.24, 2.45) is 5.73 Å². The smallest absolute Gasteiger partial charge is 0.364 e. The highest BCUT2D eigenvalue weighted by Gasteiger charge is 2.52. The van der Waals surface area contributed by atoms with E-state index in [2.05, 4.69) is 0 Å². The Morgan fingerprint density at radius 1 is 1.61 bits per heavy atom. The molecular weight excluding hydrogens is 361 g/mol. The van der Waals surface area contributed by atoms with Gasteiger partial charge in [-0.1, -0.05) is 22.6 Å². The highest BCUT2D eigenvalue weighted by atomic mass is 127. The van der Waals surface area contributed by atoms with Gasteiger partial charge in [-0.2, -0.15) is 0 Å². The molecule has 106 valence electrons. The SMILES string of the molecule is N[C@H]1C(C(I)C(O)CO)O[C@](O)(C(=O)O)C[C@H]1O. The minimum atomic E-state index is -2.54. The van der Waals surface area contributed by atoms with E-state index in [0.717, 1.165) is 0 Å². The summed E-state index contributed by atoms with van der Waals surface area (Å²) in [5.41, 5.74) is 5.66. The fraction of sp³-hybridized carbons (Fsp3) is 0.889. The van der Waals surface area contributed by atoms with Crippen LogP contribution in [0, 0.1) is 0 Å². The van der Waals surface area contributed by atoms with Crippen LogP contribution in [0.15, 0.2) is 0 Å². The van der Waals surface area contributed by atoms with Crippen LogP contribution in [0.3, 0.4) is 0 Å². The second-order valence-electron chi connectivity index (χ2n) is 4.22. The molecule has 1 fully saturated rings. The van der Waals surface area contributed by atoms with Gasteiger partial charge in [-0.15, -0.1) is 0 Å². The van der Waals surface area contributed by atoms with Gasteiger partial charge in [0.2, 0.25) is 0 Å². The van der Waals surface area contributed by atoms with Gasteiger partial charge in [-0.05, 0) is 0 Å². The molecule has 0 aromatic heterocycles. The Hall–Kier alpha value is -0.0400. The number of carboxylic acids is 1. The number of carbonyl (C=O) groups is 1. The Bertz CT molecular complexity index is 317. The van der Waals surface area contributed by atoms with E-state index in [1.807, 2.05) is 0 Å². The zero-order valence-electron chi connectivity index (χ0n) is 9.31. The molecule has 0 aromatic carbocycles. The fourth-order valence-electron chi connectivity index (χ4n) is 1.72. The number of carboxylic acid groups (broad SMARTS) is 1. The summed E-state index contributed by atoms with van der Waals surface area (Å²) in [5, 5.41) is 46.6. The number of ether oxygens (including phenoxy) is 1. The Morgan fingerprint density at radius 2 is 2.17 bits per heavy atom. The van der Waals surface area contributed by atoms with E-state index in [9.17, 15) is 20.1 Å². The van der Waals surface area contributed by atoms with E-state index in [0.29, 0.717) is 0 Å². The molecule has 0 amide bonds. The molecule has 1 rings (SSSR count). The Kier molecular flexibility index (Phi) is 5.29. The number of alkyl halides is 1. The number of nitrogens with two attached hydrogens (primary N) is 1. The zero-order chi connectivity index (χ0) is 14.1. The maximum Gasteiger partial charge on any atom is 0.364 e. The van der Waals surface area contributed by atoms with Gasteiger partial charge < -0.3 is 36.0 Å². The predicted molar refractivity (Wildman–Crippen MR) is 67.0 cm³/mol. The molecule has 18 heavy (non-hydrogen) atoms. The highest BCUT2D eigenvalue weighted by molar-refractivity contribution is 14.1. The molecule has 9 heteroatoms. The minimum Gasteiger partial charge on any atom is -0.477 e. The van der Waals surface area contributed by atoms with Crippen LogP contribution < -0.4 is 5.73 Å². The van der Waals surface area contributed by atoms with Gasteiger partial charge in [0, 0.05) is 6.42 Å². The third-order valence-corrected chi connectivity index (χ3v) is 4.38. The average molecular weight is 377 g/mol. The Morgan fingerprint density at radius 3 is 2.61 bits per heavy atom. The standard InChI is InChI=1S/C9H16INO7/c10-5(4(14)2-12)7-6(11)3(13)1-9(17,18-7)8(15)16/h3-7,12-14,17H,1-2,11H2,(H,15,16)/t3-,4?,5?,6-,7?,9+/m1/s1. The van der Waals surface area contributed by atoms with Crippen molar-refractivity contribution in [1.82, 2.24) is 0 Å². The lowest BCUT2D eigenvalue weighted by atomic mass is 9.91. The lowest BCUT2D eigenvalue weighted by Crippen LogP contribution is -2.64. The predicted octanol–water partition coefficient (Wildman–Crippen LogP) is -2.61. The molecule has 1 aliphatic heterocycles. The van der Waals surface area contributed by atoms with Crippen molar-refractivity contribution in [3.8, 4) is 0 Å². The number of hydrogen-bond donors (Lipinski definition) is 6. The molecule has 0 bridgehead atoms. The van der Waals surface area contributed by atoms with Crippen molar-refractivity contribution < 1.29 is 35.1 Å². The lowest BCUT2D eigenvalue weighted by Gasteiger charge is -2.43. The van der Waals surface area contributed by atoms with Gasteiger partial charge in [0.25, 0.3) is 5.79 Å². The topological polar surface area (TPSA) is 153 Å². The van der Waals surface area contributed by atoms with Crippen LogP contribution in [0.2, 0.25) is 0 Å². The van der Waals surface area contributed by atoms with Crippen LogP contribution in [0.1, 0.15) is 6.42 Å². The maximum atomic E-state index is 10.9. The molecular formula is C9H16INO7. The second-order valence-corrected chi connectivity index (χ2v) is 5.65. The van der Waals surface area contributed by atoms with Crippen LogP contribution in [0.4, 0.5) is 0 Å². The summed E-state index contributed by atoms with van der Waals surface area (Å²) in [6.45, 7) is -0.568. The summed E-state index contributed by atoms with van der Waals surface area (Å²) < 4.78 is 4.22. The van der Waals surface area contributed by atoms with Gasteiger partial charge >= 0.3 is 5.97 Å². The first-order valence-corrected chi connectivity index (χ1v) is 6.47. The summed E-state index contributed by atoms with van der Waals surface area (Å²) in [6.07, 6.45) is -4.14. The highest BCUT2D eigenvalue weighted by Crippen LogP contribution is 2.31. The van der Waals surface area contributed by atoms with Crippen molar-refractivity contribution in [2.75, 3.05) is 6.61 Å². The monoisotopic (exact) mass is 377 g/mol. The number of rotatable bonds is 4. The summed E-state index contributed by atoms with van der Waals surface area (Å²) in [4.78, 5) is 10.9. The molecule has 7 N–H and O–H groups in total. The van der Waals surface area contributed by atoms with E-state index in [4.69, 9.17) is 20.7 Å². The largest absolute Gasteiger partial charge is 0.477 e. The number of aliphatic hydroxyl groups is 4. The second kappa shape index (κ2) is 5.94. The average Bonchev–Trinajstić information content (AvgIpc) is 2.31. The molecule has 1 heterocycles. The molecule has 0 spiro atoms. The van der Waals surface area contributed by atoms with Gasteiger partial charge in [0.1, 0.15) is 0 Å². The first-order valence-electron chi connectivity index (χ1n) is 5.23. The Labute approximate surface area is 117 Å². The quantitative estimate of drug-likeness (QED) is 0.230. The summed E-state index contributed by atoms with van der Waals surface area (Å²) >= 11 is 1.72. The first kappa shape index (κ1) is 16.0. The number of aliphatic hydroxyl groups excluding tert-OH is 3. The molecule has 0 radical (unpaired) electrons. The molecule has 1 saturated heterocycles. The van der Waals surface area contributed by atoms with E-state index in [1.165, 1.54) is 0 Å². The van der Waals surface area contributed by atoms with E-state index in [1.54, 1.807) is 22.6 Å². The lowest BCUT2D eigenvalue weighted by molar-refractivity contribution is -0.275. The van der Waals surface area contributed by atoms with Crippen molar-refractivity contribution >= 4 is 28.6 Å². The van der Waals surface area contributed by atoms with E-state index in [-0.39, 0.29) is 0 Å². The van der Waals surface area contributed by atoms with Crippen LogP contribution in [-0.4, -0.2) is 72.2 Å². The van der Waals surface area contributed by atoms with Crippen LogP contribution >= 0.6 is 22.6 Å². The maximum absolute atomic E-state index is 10.9. The van der Waals surface area contributed by atoms with Gasteiger partial charge in [-0.25, -0.2) is 4.79 Å². The molecule has 0 aliphatic carbocycles. The molecule has 1 aliphatic rings. The summed E-state index contributed by atoms with van der Waals surface area (Å²) in [7, 11) is 0. The molecule has 0 saturated carbocycles. The van der Waals surface area contributed by atoms with Crippen LogP contribution in [0.25, 0.3) is 0 Å². The van der Waals surface area contributed by atoms with Crippen LogP contribution in [-0.2, 0) is 9.53 Å². The van der Waals surface area contributed by atoms with Gasteiger partial charge in [-0.3, -0.25) is 0 Å². The number of aliphatic carboxylic acids is 1. The number of hydrogen-bond acceptors (Lipinski definition) is 7. The minimum absolute atomic E-state index is 0.557. The van der Waals surface area contributed by atoms with E-state index < -0.39 is 53.1 Å². The third kappa shape index (κ3) is 3.10. The van der Waals surface area contributed by atoms with Gasteiger partial charge in [0.15, 0.2) is 0 Å². The molecule has 0 aromatic rings. The summed E-state index contributed by atoms with van der Waals surface area (Å²) in [5.74, 6) is -4.18. The van der Waals surface area contributed by atoms with E-state index >= 15 is 0 Å².